The van der Waals surface area contributed by atoms with Gasteiger partial charge in [-0.3, -0.25) is 14.0 Å². The lowest BCUT2D eigenvalue weighted by molar-refractivity contribution is 0.321. The normalized spacial score (nSPS) is 11.3. The van der Waals surface area contributed by atoms with Crippen LogP contribution < -0.4 is 21.2 Å². The molecule has 0 amide bonds. The Kier molecular flexibility index (Phi) is 4.81. The maximum Gasteiger partial charge on any atom is 0.275 e. The summed E-state index contributed by atoms with van der Waals surface area (Å²) >= 11 is 4.63. The van der Waals surface area contributed by atoms with Crippen molar-refractivity contribution in [1.29, 1.82) is 0 Å². The molecule has 0 aliphatic carbocycles. The summed E-state index contributed by atoms with van der Waals surface area (Å²) in [4.78, 5) is 32.1. The van der Waals surface area contributed by atoms with E-state index in [9.17, 15) is 9.59 Å². The first-order valence-corrected chi connectivity index (χ1v) is 9.81. The summed E-state index contributed by atoms with van der Waals surface area (Å²) in [6.07, 6.45) is 0. The fourth-order valence-corrected chi connectivity index (χ4v) is 4.14. The van der Waals surface area contributed by atoms with Gasteiger partial charge in [-0.1, -0.05) is 39.6 Å². The third-order valence-corrected chi connectivity index (χ3v) is 5.49. The Hall–Kier alpha value is -2.49. The summed E-state index contributed by atoms with van der Waals surface area (Å²) in [5.74, 6) is 0.571. The number of nitrogens with one attached hydrogen (secondary N) is 3. The molecule has 0 saturated heterocycles. The van der Waals surface area contributed by atoms with Crippen LogP contribution in [0.1, 0.15) is 0 Å². The van der Waals surface area contributed by atoms with Crippen LogP contribution in [-0.2, 0) is 0 Å². The summed E-state index contributed by atoms with van der Waals surface area (Å²) < 4.78 is 10.0. The van der Waals surface area contributed by atoms with Crippen LogP contribution in [0.5, 0.6) is 5.75 Å². The predicted octanol–water partition coefficient (Wildman–Crippen LogP) is 2.85. The van der Waals surface area contributed by atoms with Gasteiger partial charge in [-0.25, -0.2) is 4.98 Å². The summed E-state index contributed by atoms with van der Waals surface area (Å²) in [7, 11) is 1.85. The molecule has 7 nitrogen and oxygen atoms in total. The van der Waals surface area contributed by atoms with Gasteiger partial charge < -0.3 is 15.0 Å². The Morgan fingerprint density at radius 2 is 2.11 bits per heavy atom. The topological polar surface area (TPSA) is 99.9 Å². The van der Waals surface area contributed by atoms with Crippen molar-refractivity contribution in [2.24, 2.45) is 0 Å². The van der Waals surface area contributed by atoms with Gasteiger partial charge in [0.05, 0.1) is 15.6 Å². The van der Waals surface area contributed by atoms with Gasteiger partial charge in [0, 0.05) is 16.6 Å². The highest BCUT2D eigenvalue weighted by molar-refractivity contribution is 9.10. The Bertz CT molecular complexity index is 1260. The van der Waals surface area contributed by atoms with Gasteiger partial charge in [0.25, 0.3) is 11.1 Å². The van der Waals surface area contributed by atoms with E-state index < -0.39 is 0 Å². The minimum absolute atomic E-state index is 0.172. The number of hydrogen-bond acceptors (Lipinski definition) is 6. The molecule has 0 aliphatic rings. The molecule has 0 bridgehead atoms. The van der Waals surface area contributed by atoms with Gasteiger partial charge in [0.2, 0.25) is 0 Å². The van der Waals surface area contributed by atoms with E-state index in [0.29, 0.717) is 45.6 Å². The summed E-state index contributed by atoms with van der Waals surface area (Å²) in [5, 5.41) is 3.56. The van der Waals surface area contributed by atoms with Gasteiger partial charge >= 0.3 is 0 Å². The van der Waals surface area contributed by atoms with Crippen molar-refractivity contribution in [3.05, 3.63) is 55.5 Å². The number of fused-ring (bicyclic) bond motifs is 2. The smallest absolute Gasteiger partial charge is 0.275 e. The second-order valence-corrected chi connectivity index (χ2v) is 7.61. The first-order chi connectivity index (χ1) is 13.1. The van der Waals surface area contributed by atoms with E-state index in [2.05, 4.69) is 35.6 Å². The minimum Gasteiger partial charge on any atom is -0.490 e. The van der Waals surface area contributed by atoms with E-state index in [4.69, 9.17) is 4.74 Å². The standard InChI is InChI=1S/C18H15BrN4O3S/c1-20-5-6-26-13-8-9(19)7-12-15(13)22-14(18(25)21-12)10-3-2-4-11-16(10)27-23-17(11)24/h2-4,7-8,20H,5-6H2,1H3,(H,21,25)(H,23,24). The van der Waals surface area contributed by atoms with E-state index >= 15 is 0 Å². The number of likely N-dealkylation sites (N-methyl/N-ethyl adjacent to an activating group) is 1. The fraction of sp³-hybridized carbons (Fsp3) is 0.167. The molecule has 2 heterocycles. The van der Waals surface area contributed by atoms with Crippen LogP contribution in [0.3, 0.4) is 0 Å². The largest absolute Gasteiger partial charge is 0.490 e. The number of hydrogen-bond donors (Lipinski definition) is 3. The van der Waals surface area contributed by atoms with Crippen molar-refractivity contribution in [2.75, 3.05) is 20.2 Å². The molecule has 9 heteroatoms. The first kappa shape index (κ1) is 17.9. The number of aromatic nitrogens is 3. The monoisotopic (exact) mass is 446 g/mol. The van der Waals surface area contributed by atoms with Gasteiger partial charge in [-0.2, -0.15) is 0 Å². The molecule has 4 rings (SSSR count). The van der Waals surface area contributed by atoms with Gasteiger partial charge in [0.1, 0.15) is 23.6 Å². The molecular formula is C18H15BrN4O3S. The Balaban J connectivity index is 1.94. The SMILES string of the molecule is CNCCOc1cc(Br)cc2[nH]c(=O)c(-c3cccc4c(=O)[nH]sc34)nc12. The second-order valence-electron chi connectivity index (χ2n) is 5.88. The number of rotatable bonds is 5. The number of aromatic amines is 2. The summed E-state index contributed by atoms with van der Waals surface area (Å²) in [5.41, 5.74) is 1.51. The average Bonchev–Trinajstić information content (AvgIpc) is 3.03. The van der Waals surface area contributed by atoms with Crippen molar-refractivity contribution in [2.45, 2.75) is 0 Å². The lowest BCUT2D eigenvalue weighted by atomic mass is 10.1. The van der Waals surface area contributed by atoms with E-state index in [1.165, 1.54) is 11.5 Å². The molecule has 0 radical (unpaired) electrons. The molecule has 27 heavy (non-hydrogen) atoms. The fourth-order valence-electron chi connectivity index (χ4n) is 2.85. The zero-order chi connectivity index (χ0) is 19.0. The van der Waals surface area contributed by atoms with Crippen LogP contribution in [0.15, 0.2) is 44.4 Å². The van der Waals surface area contributed by atoms with Crippen molar-refractivity contribution >= 4 is 48.6 Å². The number of H-pyrrole nitrogens is 2. The molecule has 2 aromatic heterocycles. The van der Waals surface area contributed by atoms with E-state index in [0.717, 1.165) is 4.47 Å². The van der Waals surface area contributed by atoms with Crippen LogP contribution in [-0.4, -0.2) is 34.5 Å². The molecule has 0 spiro atoms. The highest BCUT2D eigenvalue weighted by atomic mass is 79.9. The molecular weight excluding hydrogens is 432 g/mol. The predicted molar refractivity (Wildman–Crippen MR) is 111 cm³/mol. The van der Waals surface area contributed by atoms with Crippen LogP contribution in [0.4, 0.5) is 0 Å². The molecule has 3 N–H and O–H groups in total. The number of benzene rings is 2. The van der Waals surface area contributed by atoms with Crippen molar-refractivity contribution in [1.82, 2.24) is 19.7 Å². The average molecular weight is 447 g/mol. The van der Waals surface area contributed by atoms with Crippen molar-refractivity contribution < 1.29 is 4.74 Å². The Labute approximate surface area is 165 Å². The van der Waals surface area contributed by atoms with E-state index in [-0.39, 0.29) is 16.8 Å². The highest BCUT2D eigenvalue weighted by Gasteiger charge is 2.16. The van der Waals surface area contributed by atoms with Crippen molar-refractivity contribution in [3.63, 3.8) is 0 Å². The van der Waals surface area contributed by atoms with E-state index in [1.54, 1.807) is 24.3 Å². The van der Waals surface area contributed by atoms with Crippen LogP contribution >= 0.6 is 27.5 Å². The zero-order valence-corrected chi connectivity index (χ0v) is 16.7. The van der Waals surface area contributed by atoms with Crippen LogP contribution in [0.25, 0.3) is 32.4 Å². The first-order valence-electron chi connectivity index (χ1n) is 8.20. The lowest BCUT2D eigenvalue weighted by Crippen LogP contribution is -2.17. The third kappa shape index (κ3) is 3.29. The second kappa shape index (κ2) is 7.26. The maximum absolute atomic E-state index is 12.7. The quantitative estimate of drug-likeness (QED) is 0.409. The summed E-state index contributed by atoms with van der Waals surface area (Å²) in [6.45, 7) is 1.15. The van der Waals surface area contributed by atoms with Gasteiger partial charge in [0.15, 0.2) is 0 Å². The van der Waals surface area contributed by atoms with Crippen molar-refractivity contribution in [3.8, 4) is 17.0 Å². The van der Waals surface area contributed by atoms with Crippen LogP contribution in [0, 0.1) is 0 Å². The highest BCUT2D eigenvalue weighted by Crippen LogP contribution is 2.31. The van der Waals surface area contributed by atoms with Gasteiger partial charge in [-0.05, 0) is 25.2 Å². The molecule has 2 aromatic carbocycles. The molecule has 0 fully saturated rings. The maximum atomic E-state index is 12.7. The molecule has 138 valence electrons. The molecule has 0 atom stereocenters. The zero-order valence-electron chi connectivity index (χ0n) is 14.3. The molecule has 0 saturated carbocycles. The van der Waals surface area contributed by atoms with E-state index in [1.807, 2.05) is 13.1 Å². The van der Waals surface area contributed by atoms with Gasteiger partial charge in [-0.15, -0.1) is 0 Å². The lowest BCUT2D eigenvalue weighted by Gasteiger charge is -2.11. The Morgan fingerprint density at radius 1 is 1.26 bits per heavy atom. The summed E-state index contributed by atoms with van der Waals surface area (Å²) in [6, 6.07) is 8.87. The minimum atomic E-state index is -0.324. The third-order valence-electron chi connectivity index (χ3n) is 4.10. The molecule has 0 unspecified atom stereocenters. The molecule has 4 aromatic rings. The number of nitrogens with zero attached hydrogens (tertiary/aromatic N) is 1. The molecule has 0 aliphatic heterocycles. The number of halogens is 1. The van der Waals surface area contributed by atoms with Crippen LogP contribution in [0.2, 0.25) is 0 Å². The number of ether oxygens (including phenoxy) is 1. The Morgan fingerprint density at radius 3 is 2.93 bits per heavy atom.